The number of nitrogens with zero attached hydrogens (tertiary/aromatic N) is 4. The molecule has 1 heterocycles. The Labute approximate surface area is 197 Å². The van der Waals surface area contributed by atoms with Crippen molar-refractivity contribution in [2.45, 2.75) is 27.3 Å². The molecule has 0 fully saturated rings. The van der Waals surface area contributed by atoms with Crippen LogP contribution in [-0.2, 0) is 11.3 Å². The van der Waals surface area contributed by atoms with Crippen LogP contribution < -0.4 is 10.2 Å². The van der Waals surface area contributed by atoms with Gasteiger partial charge >= 0.3 is 5.97 Å². The minimum atomic E-state index is -0.873. The number of amides is 1. The highest BCUT2D eigenvalue weighted by molar-refractivity contribution is 9.10. The lowest BCUT2D eigenvalue weighted by atomic mass is 10.1. The highest BCUT2D eigenvalue weighted by atomic mass is 79.9. The van der Waals surface area contributed by atoms with Gasteiger partial charge in [-0.15, -0.1) is 0 Å². The summed E-state index contributed by atoms with van der Waals surface area (Å²) in [5, 5.41) is 19.6. The summed E-state index contributed by atoms with van der Waals surface area (Å²) in [5.74, 6) is -1.11. The summed E-state index contributed by atoms with van der Waals surface area (Å²) >= 11 is 3.42. The molecule has 33 heavy (non-hydrogen) atoms. The number of benzene rings is 2. The van der Waals surface area contributed by atoms with E-state index < -0.39 is 10.9 Å². The van der Waals surface area contributed by atoms with Crippen LogP contribution in [0.3, 0.4) is 0 Å². The highest BCUT2D eigenvalue weighted by Gasteiger charge is 2.22. The lowest BCUT2D eigenvalue weighted by molar-refractivity contribution is -0.385. The SMILES string of the molecule is C/C(=N\NC(=O)Cn1nc(C)c(Br)c1C)c1ccccc1OC(=O)c1ccccc1[N+](=O)[O-]. The smallest absolute Gasteiger partial charge is 0.350 e. The van der Waals surface area contributed by atoms with Gasteiger partial charge in [0.25, 0.3) is 11.6 Å². The van der Waals surface area contributed by atoms with Crippen molar-refractivity contribution < 1.29 is 19.2 Å². The van der Waals surface area contributed by atoms with Crippen LogP contribution in [0.5, 0.6) is 5.75 Å². The van der Waals surface area contributed by atoms with E-state index in [4.69, 9.17) is 4.74 Å². The lowest BCUT2D eigenvalue weighted by Crippen LogP contribution is -2.25. The number of aryl methyl sites for hydroxylation is 1. The topological polar surface area (TPSA) is 129 Å². The van der Waals surface area contributed by atoms with E-state index in [0.29, 0.717) is 11.3 Å². The fourth-order valence-corrected chi connectivity index (χ4v) is 3.31. The third kappa shape index (κ3) is 5.50. The van der Waals surface area contributed by atoms with Crippen LogP contribution in [0.2, 0.25) is 0 Å². The number of aromatic nitrogens is 2. The van der Waals surface area contributed by atoms with Gasteiger partial charge in [0.15, 0.2) is 0 Å². The molecule has 0 unspecified atom stereocenters. The molecule has 0 aliphatic heterocycles. The summed E-state index contributed by atoms with van der Waals surface area (Å²) < 4.78 is 7.82. The van der Waals surface area contributed by atoms with Gasteiger partial charge in [-0.1, -0.05) is 24.3 Å². The number of hydrogen-bond donors (Lipinski definition) is 1. The van der Waals surface area contributed by atoms with Crippen LogP contribution in [0.1, 0.15) is 34.2 Å². The molecule has 3 aromatic rings. The number of hydrogen-bond acceptors (Lipinski definition) is 7. The molecule has 2 aromatic carbocycles. The second-order valence-electron chi connectivity index (χ2n) is 7.03. The van der Waals surface area contributed by atoms with Gasteiger partial charge in [0.05, 0.1) is 26.5 Å². The van der Waals surface area contributed by atoms with E-state index in [-0.39, 0.29) is 29.5 Å². The number of rotatable bonds is 7. The number of halogens is 1. The number of nitro groups is 1. The molecule has 0 atom stereocenters. The van der Waals surface area contributed by atoms with E-state index in [1.54, 1.807) is 29.8 Å². The van der Waals surface area contributed by atoms with Crippen molar-refractivity contribution in [3.05, 3.63) is 85.6 Å². The first-order valence-electron chi connectivity index (χ1n) is 9.76. The molecule has 1 aromatic heterocycles. The number of hydrazone groups is 1. The van der Waals surface area contributed by atoms with Crippen molar-refractivity contribution >= 4 is 39.2 Å². The number of carbonyl (C=O) groups is 2. The second-order valence-corrected chi connectivity index (χ2v) is 7.83. The zero-order chi connectivity index (χ0) is 24.1. The summed E-state index contributed by atoms with van der Waals surface area (Å²) in [4.78, 5) is 35.5. The zero-order valence-electron chi connectivity index (χ0n) is 18.0. The van der Waals surface area contributed by atoms with Crippen molar-refractivity contribution in [1.82, 2.24) is 15.2 Å². The van der Waals surface area contributed by atoms with Gasteiger partial charge < -0.3 is 4.74 Å². The molecule has 1 N–H and O–H groups in total. The molecule has 170 valence electrons. The normalized spacial score (nSPS) is 11.2. The summed E-state index contributed by atoms with van der Waals surface area (Å²) in [5.41, 5.74) is 4.35. The molecule has 0 radical (unpaired) electrons. The fourth-order valence-electron chi connectivity index (χ4n) is 3.02. The molecule has 10 nitrogen and oxygen atoms in total. The molecule has 0 aliphatic rings. The number of ether oxygens (including phenoxy) is 1. The van der Waals surface area contributed by atoms with Crippen molar-refractivity contribution in [2.24, 2.45) is 5.10 Å². The van der Waals surface area contributed by atoms with Crippen molar-refractivity contribution in [3.63, 3.8) is 0 Å². The maximum atomic E-state index is 12.6. The van der Waals surface area contributed by atoms with Crippen molar-refractivity contribution in [1.29, 1.82) is 0 Å². The van der Waals surface area contributed by atoms with E-state index in [0.717, 1.165) is 15.9 Å². The number of carbonyl (C=O) groups excluding carboxylic acids is 2. The van der Waals surface area contributed by atoms with E-state index in [2.05, 4.69) is 31.6 Å². The van der Waals surface area contributed by atoms with Crippen LogP contribution in [0.4, 0.5) is 5.69 Å². The van der Waals surface area contributed by atoms with Crippen molar-refractivity contribution in [2.75, 3.05) is 0 Å². The molecule has 0 saturated carbocycles. The van der Waals surface area contributed by atoms with Gasteiger partial charge in [0, 0.05) is 11.6 Å². The number of para-hydroxylation sites is 2. The van der Waals surface area contributed by atoms with Gasteiger partial charge in [-0.25, -0.2) is 10.2 Å². The van der Waals surface area contributed by atoms with Crippen molar-refractivity contribution in [3.8, 4) is 5.75 Å². The summed E-state index contributed by atoms with van der Waals surface area (Å²) in [6, 6.07) is 12.1. The Kier molecular flexibility index (Phi) is 7.34. The largest absolute Gasteiger partial charge is 0.422 e. The molecule has 0 bridgehead atoms. The first kappa shape index (κ1) is 23.8. The summed E-state index contributed by atoms with van der Waals surface area (Å²) in [6.07, 6.45) is 0. The quantitative estimate of drug-likeness (QED) is 0.167. The Morgan fingerprint density at radius 1 is 1.15 bits per heavy atom. The van der Waals surface area contributed by atoms with E-state index in [1.165, 1.54) is 30.3 Å². The zero-order valence-corrected chi connectivity index (χ0v) is 19.6. The number of nitrogens with one attached hydrogen (secondary N) is 1. The van der Waals surface area contributed by atoms with Gasteiger partial charge in [-0.2, -0.15) is 10.2 Å². The molecule has 1 amide bonds. The molecule has 11 heteroatoms. The predicted molar refractivity (Wildman–Crippen MR) is 124 cm³/mol. The van der Waals surface area contributed by atoms with Gasteiger partial charge in [0.1, 0.15) is 17.9 Å². The predicted octanol–water partition coefficient (Wildman–Crippen LogP) is 3.93. The lowest BCUT2D eigenvalue weighted by Gasteiger charge is -2.10. The van der Waals surface area contributed by atoms with Gasteiger partial charge in [-0.3, -0.25) is 19.6 Å². The van der Waals surface area contributed by atoms with Crippen LogP contribution in [0, 0.1) is 24.0 Å². The molecule has 3 rings (SSSR count). The number of nitro benzene ring substituents is 1. The maximum Gasteiger partial charge on any atom is 0.350 e. The minimum Gasteiger partial charge on any atom is -0.422 e. The monoisotopic (exact) mass is 513 g/mol. The van der Waals surface area contributed by atoms with Crippen LogP contribution in [0.15, 0.2) is 58.1 Å². The molecular formula is C22H20BrN5O5. The first-order valence-corrected chi connectivity index (χ1v) is 10.6. The fraction of sp³-hybridized carbons (Fsp3) is 0.182. The van der Waals surface area contributed by atoms with Gasteiger partial charge in [-0.05, 0) is 54.9 Å². The highest BCUT2D eigenvalue weighted by Crippen LogP contribution is 2.24. The molecule has 0 spiro atoms. The molecule has 0 saturated heterocycles. The summed E-state index contributed by atoms with van der Waals surface area (Å²) in [6.45, 7) is 5.28. The van der Waals surface area contributed by atoms with E-state index in [1.807, 2.05) is 13.8 Å². The van der Waals surface area contributed by atoms with E-state index >= 15 is 0 Å². The Balaban J connectivity index is 1.76. The Morgan fingerprint density at radius 2 is 1.79 bits per heavy atom. The third-order valence-electron chi connectivity index (χ3n) is 4.74. The Morgan fingerprint density at radius 3 is 2.42 bits per heavy atom. The van der Waals surface area contributed by atoms with Crippen LogP contribution in [-0.4, -0.2) is 32.3 Å². The summed E-state index contributed by atoms with van der Waals surface area (Å²) in [7, 11) is 0. The number of esters is 1. The Bertz CT molecular complexity index is 1270. The second kappa shape index (κ2) is 10.2. The minimum absolute atomic E-state index is 0.0244. The average molecular weight is 514 g/mol. The Hall–Kier alpha value is -3.86. The average Bonchev–Trinajstić information content (AvgIpc) is 3.04. The molecule has 0 aliphatic carbocycles. The maximum absolute atomic E-state index is 12.6. The van der Waals surface area contributed by atoms with E-state index in [9.17, 15) is 19.7 Å². The molecular weight excluding hydrogens is 494 g/mol. The third-order valence-corrected chi connectivity index (χ3v) is 5.88. The van der Waals surface area contributed by atoms with Gasteiger partial charge in [0.2, 0.25) is 0 Å². The first-order chi connectivity index (χ1) is 15.7. The van der Waals surface area contributed by atoms with Crippen LogP contribution in [0.25, 0.3) is 0 Å². The standard InChI is InChI=1S/C22H20BrN5O5/c1-13(24-25-20(29)12-27-15(3)21(23)14(2)26-27)16-8-5-7-11-19(16)33-22(30)17-9-4-6-10-18(17)28(31)32/h4-11H,12H2,1-3H3,(H,25,29)/b24-13+. The van der Waals surface area contributed by atoms with Crippen LogP contribution >= 0.6 is 15.9 Å².